The van der Waals surface area contributed by atoms with E-state index in [1.54, 1.807) is 7.11 Å². The molecule has 0 aliphatic heterocycles. The van der Waals surface area contributed by atoms with Gasteiger partial charge < -0.3 is 35.8 Å². The van der Waals surface area contributed by atoms with Crippen LogP contribution < -0.4 is 12.4 Å². The molecule has 0 aromatic carbocycles. The summed E-state index contributed by atoms with van der Waals surface area (Å²) in [4.78, 5) is 0. The van der Waals surface area contributed by atoms with Gasteiger partial charge in [0.2, 0.25) is 0 Å². The second-order valence-electron chi connectivity index (χ2n) is 10.9. The maximum absolute atomic E-state index is 5.80. The van der Waals surface area contributed by atoms with Gasteiger partial charge in [0.1, 0.15) is 12.6 Å². The molecule has 0 aliphatic carbocycles. The predicted octanol–water partition coefficient (Wildman–Crippen LogP) is 4.02. The van der Waals surface area contributed by atoms with Gasteiger partial charge in [-0.1, -0.05) is 103 Å². The highest BCUT2D eigenvalue weighted by molar-refractivity contribution is 4.55. The van der Waals surface area contributed by atoms with Crippen molar-refractivity contribution >= 4 is 0 Å². The van der Waals surface area contributed by atoms with Crippen LogP contribution in [0.2, 0.25) is 0 Å². The minimum atomic E-state index is 0. The van der Waals surface area contributed by atoms with Crippen LogP contribution in [-0.2, 0) is 18.9 Å². The first kappa shape index (κ1) is 37.2. The van der Waals surface area contributed by atoms with E-state index in [1.807, 2.05) is 0 Å². The molecule has 1 unspecified atom stereocenters. The molecule has 0 rings (SSSR count). The molecule has 5 nitrogen and oxygen atoms in total. The molecule has 0 amide bonds. The zero-order valence-corrected chi connectivity index (χ0v) is 25.1. The zero-order chi connectivity index (χ0) is 25.2. The standard InChI is InChI=1S/C29H62NO4.ClH/c1-6-7-8-9-10-11-12-13-14-15-16-17-18-19-20-21-23-33-27-29(31-5)28-34-26-25-32-24-22-30(2,3)4;/h29H,6-28H2,1-5H3;1H/q+1;/p-1. The molecule has 35 heavy (non-hydrogen) atoms. The van der Waals surface area contributed by atoms with Crippen LogP contribution in [0.5, 0.6) is 0 Å². The van der Waals surface area contributed by atoms with Crippen molar-refractivity contribution in [1.82, 2.24) is 0 Å². The summed E-state index contributed by atoms with van der Waals surface area (Å²) in [5.74, 6) is 0. The third kappa shape index (κ3) is 32.1. The van der Waals surface area contributed by atoms with Gasteiger partial charge in [-0.05, 0) is 6.42 Å². The number of hydrogen-bond donors (Lipinski definition) is 0. The van der Waals surface area contributed by atoms with Crippen LogP contribution >= 0.6 is 0 Å². The molecule has 0 saturated carbocycles. The Morgan fingerprint density at radius 2 is 0.914 bits per heavy atom. The largest absolute Gasteiger partial charge is 1.00 e. The maximum atomic E-state index is 5.80. The number of unbranched alkanes of at least 4 members (excludes halogenated alkanes) is 15. The SMILES string of the molecule is CCCCCCCCCCCCCCCCCCOCC(COCCOCC[N+](C)(C)C)OC.[Cl-]. The van der Waals surface area contributed by atoms with Crippen molar-refractivity contribution in [2.24, 2.45) is 0 Å². The van der Waals surface area contributed by atoms with E-state index < -0.39 is 0 Å². The van der Waals surface area contributed by atoms with Crippen LogP contribution in [0, 0.1) is 0 Å². The lowest BCUT2D eigenvalue weighted by atomic mass is 10.0. The topological polar surface area (TPSA) is 36.9 Å². The van der Waals surface area contributed by atoms with Gasteiger partial charge in [0.25, 0.3) is 0 Å². The Morgan fingerprint density at radius 1 is 0.514 bits per heavy atom. The molecule has 214 valence electrons. The lowest BCUT2D eigenvalue weighted by molar-refractivity contribution is -0.870. The summed E-state index contributed by atoms with van der Waals surface area (Å²) >= 11 is 0. The van der Waals surface area contributed by atoms with E-state index in [9.17, 15) is 0 Å². The lowest BCUT2D eigenvalue weighted by Crippen LogP contribution is -3.00. The van der Waals surface area contributed by atoms with Crippen molar-refractivity contribution in [3.8, 4) is 0 Å². The normalized spacial score (nSPS) is 12.6. The Bertz CT molecular complexity index is 393. The van der Waals surface area contributed by atoms with Crippen molar-refractivity contribution in [2.75, 3.05) is 74.4 Å². The van der Waals surface area contributed by atoms with E-state index in [2.05, 4.69) is 28.1 Å². The fourth-order valence-electron chi connectivity index (χ4n) is 3.92. The Hall–Kier alpha value is 0.0900. The van der Waals surface area contributed by atoms with Gasteiger partial charge in [0.05, 0.1) is 54.2 Å². The van der Waals surface area contributed by atoms with Crippen molar-refractivity contribution in [3.63, 3.8) is 0 Å². The smallest absolute Gasteiger partial charge is 0.104 e. The summed E-state index contributed by atoms with van der Waals surface area (Å²) in [7, 11) is 8.23. The van der Waals surface area contributed by atoms with E-state index in [1.165, 1.54) is 96.3 Å². The molecule has 6 heteroatoms. The van der Waals surface area contributed by atoms with Crippen molar-refractivity contribution in [1.29, 1.82) is 0 Å². The maximum Gasteiger partial charge on any atom is 0.104 e. The molecule has 0 spiro atoms. The van der Waals surface area contributed by atoms with E-state index >= 15 is 0 Å². The van der Waals surface area contributed by atoms with Crippen LogP contribution in [0.15, 0.2) is 0 Å². The fourth-order valence-corrected chi connectivity index (χ4v) is 3.92. The van der Waals surface area contributed by atoms with Crippen molar-refractivity contribution in [3.05, 3.63) is 0 Å². The Labute approximate surface area is 226 Å². The van der Waals surface area contributed by atoms with Crippen molar-refractivity contribution in [2.45, 2.75) is 116 Å². The fraction of sp³-hybridized carbons (Fsp3) is 1.00. The Balaban J connectivity index is 0. The van der Waals surface area contributed by atoms with Crippen LogP contribution in [0.4, 0.5) is 0 Å². The first-order valence-corrected chi connectivity index (χ1v) is 14.6. The first-order valence-electron chi connectivity index (χ1n) is 14.6. The average molecular weight is 524 g/mol. The van der Waals surface area contributed by atoms with E-state index in [0.29, 0.717) is 26.4 Å². The number of rotatable bonds is 28. The summed E-state index contributed by atoms with van der Waals surface area (Å²) in [6.45, 7) is 7.31. The molecule has 0 aromatic heterocycles. The number of likely N-dealkylation sites (N-methyl/N-ethyl adjacent to an activating group) is 1. The summed E-state index contributed by atoms with van der Waals surface area (Å²) < 4.78 is 23.5. The number of methoxy groups -OCH3 is 1. The third-order valence-electron chi connectivity index (χ3n) is 6.36. The summed E-state index contributed by atoms with van der Waals surface area (Å²) in [6.07, 6.45) is 22.3. The second kappa shape index (κ2) is 28.7. The van der Waals surface area contributed by atoms with Gasteiger partial charge in [-0.15, -0.1) is 0 Å². The molecular formula is C29H62ClNO4. The van der Waals surface area contributed by atoms with Gasteiger partial charge >= 0.3 is 0 Å². The quantitative estimate of drug-likeness (QED) is 0.115. The number of quaternary nitrogens is 1. The Morgan fingerprint density at radius 3 is 1.34 bits per heavy atom. The van der Waals surface area contributed by atoms with Crippen LogP contribution in [0.3, 0.4) is 0 Å². The van der Waals surface area contributed by atoms with Crippen LogP contribution in [-0.4, -0.2) is 85.0 Å². The molecule has 0 fully saturated rings. The molecule has 0 N–H and O–H groups in total. The number of halogens is 1. The molecule has 0 saturated heterocycles. The number of nitrogens with zero attached hydrogens (tertiary/aromatic N) is 1. The predicted molar refractivity (Wildman–Crippen MR) is 146 cm³/mol. The highest BCUT2D eigenvalue weighted by Gasteiger charge is 2.08. The first-order chi connectivity index (χ1) is 16.5. The van der Waals surface area contributed by atoms with Gasteiger partial charge in [-0.2, -0.15) is 0 Å². The van der Waals surface area contributed by atoms with E-state index in [4.69, 9.17) is 18.9 Å². The van der Waals surface area contributed by atoms with E-state index in [0.717, 1.165) is 30.7 Å². The van der Waals surface area contributed by atoms with Gasteiger partial charge in [0.15, 0.2) is 0 Å². The van der Waals surface area contributed by atoms with Crippen molar-refractivity contribution < 1.29 is 35.8 Å². The molecule has 0 bridgehead atoms. The van der Waals surface area contributed by atoms with Crippen LogP contribution in [0.1, 0.15) is 110 Å². The molecule has 0 radical (unpaired) electrons. The number of ether oxygens (including phenoxy) is 4. The molecule has 0 heterocycles. The average Bonchev–Trinajstić information content (AvgIpc) is 2.80. The summed E-state index contributed by atoms with van der Waals surface area (Å²) in [5.41, 5.74) is 0. The van der Waals surface area contributed by atoms with Crippen LogP contribution in [0.25, 0.3) is 0 Å². The monoisotopic (exact) mass is 523 g/mol. The minimum Gasteiger partial charge on any atom is -1.00 e. The molecule has 0 aromatic rings. The van der Waals surface area contributed by atoms with Gasteiger partial charge in [-0.3, -0.25) is 0 Å². The van der Waals surface area contributed by atoms with Gasteiger partial charge in [0, 0.05) is 13.7 Å². The van der Waals surface area contributed by atoms with Gasteiger partial charge in [-0.25, -0.2) is 0 Å². The highest BCUT2D eigenvalue weighted by atomic mass is 35.5. The molecule has 0 aliphatic rings. The lowest BCUT2D eigenvalue weighted by Gasteiger charge is -2.23. The second-order valence-corrected chi connectivity index (χ2v) is 10.9. The Kier molecular flexibility index (Phi) is 30.5. The highest BCUT2D eigenvalue weighted by Crippen LogP contribution is 2.13. The zero-order valence-electron chi connectivity index (χ0n) is 24.3. The van der Waals surface area contributed by atoms with E-state index in [-0.39, 0.29) is 18.5 Å². The molecular weight excluding hydrogens is 462 g/mol. The summed E-state index contributed by atoms with van der Waals surface area (Å²) in [6, 6.07) is 0. The number of hydrogen-bond acceptors (Lipinski definition) is 4. The minimum absolute atomic E-state index is 0. The molecule has 1 atom stereocenters. The third-order valence-corrected chi connectivity index (χ3v) is 6.36. The summed E-state index contributed by atoms with van der Waals surface area (Å²) in [5, 5.41) is 0.